The molecule has 2 saturated heterocycles. The van der Waals surface area contributed by atoms with E-state index in [-0.39, 0.29) is 41.9 Å². The molecule has 0 aliphatic carbocycles. The lowest BCUT2D eigenvalue weighted by Gasteiger charge is -2.38. The molecular formula is C24H30F3N5O3. The number of hydrogen-bond donors (Lipinski definition) is 1. The van der Waals surface area contributed by atoms with Gasteiger partial charge in [0.2, 0.25) is 0 Å². The van der Waals surface area contributed by atoms with Gasteiger partial charge in [-0.2, -0.15) is 13.2 Å². The van der Waals surface area contributed by atoms with E-state index in [0.717, 1.165) is 25.3 Å². The Morgan fingerprint density at radius 1 is 1.23 bits per heavy atom. The number of nitrogens with zero attached hydrogens (tertiary/aromatic N) is 4. The van der Waals surface area contributed by atoms with Crippen LogP contribution >= 0.6 is 0 Å². The first-order valence-electron chi connectivity index (χ1n) is 11.8. The van der Waals surface area contributed by atoms with Gasteiger partial charge in [0.25, 0.3) is 5.91 Å². The second-order valence-electron chi connectivity index (χ2n) is 8.96. The monoisotopic (exact) mass is 493 g/mol. The van der Waals surface area contributed by atoms with Crippen molar-refractivity contribution in [3.05, 3.63) is 52.9 Å². The van der Waals surface area contributed by atoms with E-state index in [4.69, 9.17) is 9.47 Å². The molecule has 4 heterocycles. The SMILES string of the molecule is COC1COCCC1NC1CCN(C(=O)c2ncnc(Cc3cccc(C(F)(F)F)n3)c2C)CC1. The van der Waals surface area contributed by atoms with Gasteiger partial charge in [0, 0.05) is 56.6 Å². The average molecular weight is 494 g/mol. The van der Waals surface area contributed by atoms with Gasteiger partial charge in [-0.25, -0.2) is 15.0 Å². The summed E-state index contributed by atoms with van der Waals surface area (Å²) >= 11 is 0. The molecule has 2 atom stereocenters. The predicted molar refractivity (Wildman–Crippen MR) is 121 cm³/mol. The summed E-state index contributed by atoms with van der Waals surface area (Å²) in [7, 11) is 1.69. The van der Waals surface area contributed by atoms with Crippen molar-refractivity contribution >= 4 is 5.91 Å². The second kappa shape index (κ2) is 11.0. The Morgan fingerprint density at radius 2 is 2.00 bits per heavy atom. The Hall–Kier alpha value is -2.63. The molecule has 2 aliphatic heterocycles. The third kappa shape index (κ3) is 6.14. The topological polar surface area (TPSA) is 89.5 Å². The van der Waals surface area contributed by atoms with E-state index in [0.29, 0.717) is 37.6 Å². The van der Waals surface area contributed by atoms with Gasteiger partial charge in [0.15, 0.2) is 0 Å². The highest BCUT2D eigenvalue weighted by molar-refractivity contribution is 5.93. The van der Waals surface area contributed by atoms with E-state index in [9.17, 15) is 18.0 Å². The predicted octanol–water partition coefficient (Wildman–Crippen LogP) is 2.79. The number of likely N-dealkylation sites (tertiary alicyclic amines) is 1. The normalized spacial score (nSPS) is 21.8. The van der Waals surface area contributed by atoms with Crippen molar-refractivity contribution in [3.8, 4) is 0 Å². The number of carbonyl (C=O) groups is 1. The zero-order valence-corrected chi connectivity index (χ0v) is 19.8. The van der Waals surface area contributed by atoms with Crippen molar-refractivity contribution < 1.29 is 27.4 Å². The molecule has 2 aromatic rings. The molecule has 0 aromatic carbocycles. The fourth-order valence-corrected chi connectivity index (χ4v) is 4.62. The van der Waals surface area contributed by atoms with Crippen molar-refractivity contribution in [1.29, 1.82) is 0 Å². The van der Waals surface area contributed by atoms with Crippen molar-refractivity contribution in [2.45, 2.75) is 57.0 Å². The first kappa shape index (κ1) is 25.5. The summed E-state index contributed by atoms with van der Waals surface area (Å²) in [5, 5.41) is 3.67. The Morgan fingerprint density at radius 3 is 2.71 bits per heavy atom. The van der Waals surface area contributed by atoms with Gasteiger partial charge in [0.05, 0.1) is 18.4 Å². The third-order valence-corrected chi connectivity index (χ3v) is 6.68. The summed E-state index contributed by atoms with van der Waals surface area (Å²) in [5.41, 5.74) is 0.595. The van der Waals surface area contributed by atoms with Crippen LogP contribution in [-0.4, -0.2) is 77.4 Å². The summed E-state index contributed by atoms with van der Waals surface area (Å²) in [6, 6.07) is 4.29. The fraction of sp³-hybridized carbons (Fsp3) is 0.583. The van der Waals surface area contributed by atoms with Gasteiger partial charge < -0.3 is 19.7 Å². The zero-order valence-electron chi connectivity index (χ0n) is 19.8. The molecule has 0 spiro atoms. The number of hydrogen-bond acceptors (Lipinski definition) is 7. The summed E-state index contributed by atoms with van der Waals surface area (Å²) < 4.78 is 50.0. The maximum absolute atomic E-state index is 13.2. The number of carbonyl (C=O) groups excluding carboxylic acids is 1. The standard InChI is InChI=1S/C24H30F3N5O3/c1-15-19(12-17-4-3-5-21(31-17)24(25,26)27)28-14-29-22(15)23(33)32-9-6-16(7-10-32)30-18-8-11-35-13-20(18)34-2/h3-5,14,16,18,20,30H,6-13H2,1-2H3. The molecule has 35 heavy (non-hydrogen) atoms. The van der Waals surface area contributed by atoms with Crippen molar-refractivity contribution in [2.24, 2.45) is 0 Å². The largest absolute Gasteiger partial charge is 0.433 e. The Kier molecular flexibility index (Phi) is 7.98. The molecule has 2 unspecified atom stereocenters. The van der Waals surface area contributed by atoms with E-state index in [1.165, 1.54) is 18.5 Å². The van der Waals surface area contributed by atoms with Crippen LogP contribution in [0.5, 0.6) is 0 Å². The minimum absolute atomic E-state index is 0.0248. The molecular weight excluding hydrogens is 463 g/mol. The van der Waals surface area contributed by atoms with E-state index < -0.39 is 11.9 Å². The van der Waals surface area contributed by atoms with Crippen molar-refractivity contribution in [3.63, 3.8) is 0 Å². The highest BCUT2D eigenvalue weighted by Gasteiger charge is 2.33. The van der Waals surface area contributed by atoms with Crippen LogP contribution in [0, 0.1) is 6.92 Å². The Bertz CT molecular complexity index is 1030. The molecule has 11 heteroatoms. The summed E-state index contributed by atoms with van der Waals surface area (Å²) in [5.74, 6) is -0.192. The molecule has 2 aliphatic rings. The number of ether oxygens (including phenoxy) is 2. The molecule has 0 saturated carbocycles. The van der Waals surface area contributed by atoms with Gasteiger partial charge in [-0.05, 0) is 38.3 Å². The van der Waals surface area contributed by atoms with Gasteiger partial charge >= 0.3 is 6.18 Å². The van der Waals surface area contributed by atoms with Crippen LogP contribution in [0.15, 0.2) is 24.5 Å². The molecule has 1 N–H and O–H groups in total. The summed E-state index contributed by atoms with van der Waals surface area (Å²) in [4.78, 5) is 27.1. The van der Waals surface area contributed by atoms with Crippen LogP contribution in [0.1, 0.15) is 52.4 Å². The Balaban J connectivity index is 1.39. The van der Waals surface area contributed by atoms with Gasteiger partial charge in [-0.3, -0.25) is 4.79 Å². The number of aromatic nitrogens is 3. The third-order valence-electron chi connectivity index (χ3n) is 6.68. The molecule has 190 valence electrons. The molecule has 0 bridgehead atoms. The number of amides is 1. The van der Waals surface area contributed by atoms with Crippen LogP contribution < -0.4 is 5.32 Å². The van der Waals surface area contributed by atoms with Crippen molar-refractivity contribution in [1.82, 2.24) is 25.2 Å². The Labute approximate surface area is 202 Å². The zero-order chi connectivity index (χ0) is 25.0. The quantitative estimate of drug-likeness (QED) is 0.662. The second-order valence-corrected chi connectivity index (χ2v) is 8.96. The molecule has 8 nitrogen and oxygen atoms in total. The number of nitrogens with one attached hydrogen (secondary N) is 1. The van der Waals surface area contributed by atoms with Crippen LogP contribution in [0.25, 0.3) is 0 Å². The molecule has 1 amide bonds. The summed E-state index contributed by atoms with van der Waals surface area (Å²) in [6.45, 7) is 4.19. The smallest absolute Gasteiger partial charge is 0.379 e. The van der Waals surface area contributed by atoms with Gasteiger partial charge in [-0.1, -0.05) is 6.07 Å². The highest BCUT2D eigenvalue weighted by atomic mass is 19.4. The number of halogens is 3. The first-order valence-corrected chi connectivity index (χ1v) is 11.8. The first-order chi connectivity index (χ1) is 16.8. The van der Waals surface area contributed by atoms with E-state index in [1.807, 2.05) is 0 Å². The minimum Gasteiger partial charge on any atom is -0.379 e. The fourth-order valence-electron chi connectivity index (χ4n) is 4.62. The van der Waals surface area contributed by atoms with E-state index in [2.05, 4.69) is 20.3 Å². The summed E-state index contributed by atoms with van der Waals surface area (Å²) in [6.07, 6.45) is -0.619. The maximum atomic E-state index is 13.2. The molecule has 0 radical (unpaired) electrons. The van der Waals surface area contributed by atoms with Gasteiger partial charge in [0.1, 0.15) is 17.7 Å². The number of methoxy groups -OCH3 is 1. The average Bonchev–Trinajstić information content (AvgIpc) is 2.85. The maximum Gasteiger partial charge on any atom is 0.433 e. The molecule has 2 fully saturated rings. The number of rotatable bonds is 6. The van der Waals surface area contributed by atoms with E-state index >= 15 is 0 Å². The van der Waals surface area contributed by atoms with E-state index in [1.54, 1.807) is 18.9 Å². The lowest BCUT2D eigenvalue weighted by atomic mass is 9.99. The number of pyridine rings is 1. The van der Waals surface area contributed by atoms with Gasteiger partial charge in [-0.15, -0.1) is 0 Å². The molecule has 4 rings (SSSR count). The minimum atomic E-state index is -4.52. The van der Waals surface area contributed by atoms with Crippen LogP contribution in [-0.2, 0) is 22.1 Å². The lowest BCUT2D eigenvalue weighted by Crippen LogP contribution is -2.54. The number of alkyl halides is 3. The van der Waals surface area contributed by atoms with Crippen molar-refractivity contribution in [2.75, 3.05) is 33.4 Å². The van der Waals surface area contributed by atoms with Crippen LogP contribution in [0.3, 0.4) is 0 Å². The highest BCUT2D eigenvalue weighted by Crippen LogP contribution is 2.28. The lowest BCUT2D eigenvalue weighted by molar-refractivity contribution is -0.141. The molecule has 2 aromatic heterocycles. The van der Waals surface area contributed by atoms with Crippen LogP contribution in [0.4, 0.5) is 13.2 Å². The number of piperidine rings is 1. The van der Waals surface area contributed by atoms with Crippen LogP contribution in [0.2, 0.25) is 0 Å².